The van der Waals surface area contributed by atoms with Gasteiger partial charge in [-0.1, -0.05) is 69.8 Å². The summed E-state index contributed by atoms with van der Waals surface area (Å²) < 4.78 is 1.04. The van der Waals surface area contributed by atoms with Crippen molar-refractivity contribution in [1.29, 1.82) is 0 Å². The van der Waals surface area contributed by atoms with E-state index in [9.17, 15) is 0 Å². The minimum Gasteiger partial charge on any atom is -0.0922 e. The van der Waals surface area contributed by atoms with Crippen LogP contribution >= 0.6 is 43.5 Å². The lowest BCUT2D eigenvalue weighted by Crippen LogP contribution is -2.21. The van der Waals surface area contributed by atoms with Crippen LogP contribution in [0.3, 0.4) is 0 Å². The number of halogens is 3. The van der Waals surface area contributed by atoms with Crippen molar-refractivity contribution in [2.75, 3.05) is 5.33 Å². The molecule has 0 N–H and O–H groups in total. The highest BCUT2D eigenvalue weighted by atomic mass is 79.9. The fourth-order valence-corrected chi connectivity index (χ4v) is 3.15. The van der Waals surface area contributed by atoms with E-state index in [1.54, 1.807) is 0 Å². The molecule has 1 aromatic carbocycles. The predicted octanol–water partition coefficient (Wildman–Crippen LogP) is 5.85. The van der Waals surface area contributed by atoms with E-state index in [-0.39, 0.29) is 0 Å². The van der Waals surface area contributed by atoms with Crippen LogP contribution in [0.1, 0.15) is 32.3 Å². The van der Waals surface area contributed by atoms with Gasteiger partial charge in [0.05, 0.1) is 0 Å². The summed E-state index contributed by atoms with van der Waals surface area (Å²) in [6.07, 6.45) is 3.44. The summed E-state index contributed by atoms with van der Waals surface area (Å²) in [5.41, 5.74) is 1.53. The highest BCUT2D eigenvalue weighted by Gasteiger charge is 2.23. The largest absolute Gasteiger partial charge is 0.0922 e. The average Bonchev–Trinajstić information content (AvgIpc) is 2.23. The summed E-state index contributed by atoms with van der Waals surface area (Å²) in [5.74, 6) is 0. The van der Waals surface area contributed by atoms with Crippen molar-refractivity contribution >= 4 is 43.5 Å². The van der Waals surface area contributed by atoms with E-state index in [0.717, 1.165) is 21.2 Å². The van der Waals surface area contributed by atoms with E-state index in [0.29, 0.717) is 5.41 Å². The van der Waals surface area contributed by atoms with Gasteiger partial charge in [0.25, 0.3) is 0 Å². The molecule has 1 aromatic rings. The van der Waals surface area contributed by atoms with Crippen molar-refractivity contribution in [3.8, 4) is 0 Å². The molecule has 0 spiro atoms. The summed E-state index contributed by atoms with van der Waals surface area (Å²) in [6, 6.07) is 6.14. The minimum atomic E-state index is 0.298. The molecule has 0 bridgehead atoms. The van der Waals surface area contributed by atoms with Crippen LogP contribution in [0.4, 0.5) is 0 Å². The SMILES string of the molecule is CCCC(C)(CBr)Cc1ccc(Br)cc1Cl. The molecule has 0 aliphatic carbocycles. The zero-order chi connectivity index (χ0) is 12.2. The Kier molecular flexibility index (Phi) is 5.83. The third kappa shape index (κ3) is 4.05. The maximum Gasteiger partial charge on any atom is 0.0449 e. The predicted molar refractivity (Wildman–Crippen MR) is 79.7 cm³/mol. The molecule has 16 heavy (non-hydrogen) atoms. The molecule has 0 aromatic heterocycles. The lowest BCUT2D eigenvalue weighted by atomic mass is 9.82. The standard InChI is InChI=1S/C13H17Br2Cl/c1-3-6-13(2,9-14)8-10-4-5-11(15)7-12(10)16/h4-5,7H,3,6,8-9H2,1-2H3. The summed E-state index contributed by atoms with van der Waals surface area (Å²) in [5, 5.41) is 1.87. The van der Waals surface area contributed by atoms with Gasteiger partial charge < -0.3 is 0 Å². The third-order valence-electron chi connectivity index (χ3n) is 2.81. The summed E-state index contributed by atoms with van der Waals surface area (Å²) >= 11 is 13.3. The molecule has 0 amide bonds. The minimum absolute atomic E-state index is 0.298. The Balaban J connectivity index is 2.85. The number of alkyl halides is 1. The molecule has 0 fully saturated rings. The molecule has 90 valence electrons. The van der Waals surface area contributed by atoms with Crippen LogP contribution in [0.15, 0.2) is 22.7 Å². The normalized spacial score (nSPS) is 14.8. The van der Waals surface area contributed by atoms with Gasteiger partial charge in [-0.05, 0) is 36.0 Å². The highest BCUT2D eigenvalue weighted by molar-refractivity contribution is 9.10. The summed E-state index contributed by atoms with van der Waals surface area (Å²) in [7, 11) is 0. The van der Waals surface area contributed by atoms with E-state index in [1.165, 1.54) is 18.4 Å². The van der Waals surface area contributed by atoms with Gasteiger partial charge in [-0.15, -0.1) is 0 Å². The first-order chi connectivity index (χ1) is 7.50. The maximum absolute atomic E-state index is 6.25. The Labute approximate surface area is 120 Å². The van der Waals surface area contributed by atoms with Crippen molar-refractivity contribution in [3.05, 3.63) is 33.3 Å². The van der Waals surface area contributed by atoms with Gasteiger partial charge in [0.2, 0.25) is 0 Å². The van der Waals surface area contributed by atoms with Crippen LogP contribution in [0, 0.1) is 5.41 Å². The zero-order valence-electron chi connectivity index (χ0n) is 9.69. The van der Waals surface area contributed by atoms with Crippen LogP contribution < -0.4 is 0 Å². The Hall–Kier alpha value is 0.470. The van der Waals surface area contributed by atoms with Crippen LogP contribution in [-0.2, 0) is 6.42 Å². The number of hydrogen-bond acceptors (Lipinski definition) is 0. The summed E-state index contributed by atoms with van der Waals surface area (Å²) in [6.45, 7) is 4.54. The molecule has 0 nitrogen and oxygen atoms in total. The molecular weight excluding hydrogens is 351 g/mol. The highest BCUT2D eigenvalue weighted by Crippen LogP contribution is 2.33. The first-order valence-corrected chi connectivity index (χ1v) is 7.80. The van der Waals surface area contributed by atoms with E-state index < -0.39 is 0 Å². The van der Waals surface area contributed by atoms with Crippen molar-refractivity contribution in [3.63, 3.8) is 0 Å². The van der Waals surface area contributed by atoms with Crippen molar-refractivity contribution in [1.82, 2.24) is 0 Å². The van der Waals surface area contributed by atoms with Crippen molar-refractivity contribution in [2.45, 2.75) is 33.1 Å². The molecule has 0 aliphatic heterocycles. The Morgan fingerprint density at radius 1 is 1.38 bits per heavy atom. The van der Waals surface area contributed by atoms with Gasteiger partial charge in [-0.3, -0.25) is 0 Å². The van der Waals surface area contributed by atoms with Gasteiger partial charge in [0.15, 0.2) is 0 Å². The second-order valence-corrected chi connectivity index (χ2v) is 6.49. The molecule has 0 saturated heterocycles. The fourth-order valence-electron chi connectivity index (χ4n) is 1.93. The molecular formula is C13H17Br2Cl. The topological polar surface area (TPSA) is 0 Å². The van der Waals surface area contributed by atoms with Gasteiger partial charge >= 0.3 is 0 Å². The Morgan fingerprint density at radius 2 is 2.06 bits per heavy atom. The lowest BCUT2D eigenvalue weighted by Gasteiger charge is -2.27. The molecule has 0 heterocycles. The first kappa shape index (κ1) is 14.5. The average molecular weight is 369 g/mol. The first-order valence-electron chi connectivity index (χ1n) is 5.50. The van der Waals surface area contributed by atoms with Gasteiger partial charge in [0.1, 0.15) is 0 Å². The Morgan fingerprint density at radius 3 is 2.56 bits per heavy atom. The van der Waals surface area contributed by atoms with Gasteiger partial charge in [-0.25, -0.2) is 0 Å². The molecule has 1 rings (SSSR count). The third-order valence-corrected chi connectivity index (χ3v) is 5.01. The van der Waals surface area contributed by atoms with Crippen LogP contribution in [0.25, 0.3) is 0 Å². The van der Waals surface area contributed by atoms with Crippen molar-refractivity contribution in [2.24, 2.45) is 5.41 Å². The van der Waals surface area contributed by atoms with Gasteiger partial charge in [-0.2, -0.15) is 0 Å². The number of benzene rings is 1. The van der Waals surface area contributed by atoms with Crippen LogP contribution in [0.2, 0.25) is 5.02 Å². The monoisotopic (exact) mass is 366 g/mol. The maximum atomic E-state index is 6.25. The van der Waals surface area contributed by atoms with Crippen molar-refractivity contribution < 1.29 is 0 Å². The quantitative estimate of drug-likeness (QED) is 0.572. The molecule has 1 unspecified atom stereocenters. The van der Waals surface area contributed by atoms with E-state index >= 15 is 0 Å². The molecule has 3 heteroatoms. The van der Waals surface area contributed by atoms with Crippen LogP contribution in [0.5, 0.6) is 0 Å². The van der Waals surface area contributed by atoms with Gasteiger partial charge in [0, 0.05) is 14.8 Å². The zero-order valence-corrected chi connectivity index (χ0v) is 13.6. The lowest BCUT2D eigenvalue weighted by molar-refractivity contribution is 0.340. The molecule has 0 radical (unpaired) electrons. The second-order valence-electron chi connectivity index (χ2n) is 4.61. The number of rotatable bonds is 5. The fraction of sp³-hybridized carbons (Fsp3) is 0.538. The number of hydrogen-bond donors (Lipinski definition) is 0. The van der Waals surface area contributed by atoms with E-state index in [4.69, 9.17) is 11.6 Å². The molecule has 0 aliphatic rings. The smallest absolute Gasteiger partial charge is 0.0449 e. The Bertz CT molecular complexity index is 352. The molecule has 0 saturated carbocycles. The summed E-state index contributed by atoms with van der Waals surface area (Å²) in [4.78, 5) is 0. The second kappa shape index (κ2) is 6.42. The van der Waals surface area contributed by atoms with Crippen LogP contribution in [-0.4, -0.2) is 5.33 Å². The van der Waals surface area contributed by atoms with E-state index in [1.807, 2.05) is 6.07 Å². The van der Waals surface area contributed by atoms with E-state index in [2.05, 4.69) is 57.8 Å². The molecule has 1 atom stereocenters.